The van der Waals surface area contributed by atoms with Gasteiger partial charge in [0.25, 0.3) is 0 Å². The van der Waals surface area contributed by atoms with Crippen LogP contribution in [0.25, 0.3) is 0 Å². The first kappa shape index (κ1) is 10.4. The number of allylic oxidation sites excluding steroid dienone is 3. The largest absolute Gasteiger partial charge is 0.396 e. The molecule has 0 bridgehead atoms. The predicted octanol–water partition coefficient (Wildman–Crippen LogP) is 2.67. The Bertz CT molecular complexity index is 114. The van der Waals surface area contributed by atoms with Crippen LogP contribution in [-0.4, -0.2) is 11.7 Å². The Hall–Kier alpha value is -0.560. The van der Waals surface area contributed by atoms with Crippen molar-refractivity contribution < 1.29 is 5.11 Å². The zero-order chi connectivity index (χ0) is 8.36. The zero-order valence-corrected chi connectivity index (χ0v) is 7.29. The van der Waals surface area contributed by atoms with Crippen LogP contribution in [0.2, 0.25) is 0 Å². The third kappa shape index (κ3) is 9.44. The molecule has 0 aliphatic carbocycles. The van der Waals surface area contributed by atoms with Gasteiger partial charge >= 0.3 is 0 Å². The molecule has 0 saturated carbocycles. The lowest BCUT2D eigenvalue weighted by atomic mass is 10.2. The van der Waals surface area contributed by atoms with Gasteiger partial charge in [0.05, 0.1) is 0 Å². The minimum atomic E-state index is 0.249. The molecule has 0 heterocycles. The van der Waals surface area contributed by atoms with Crippen molar-refractivity contribution in [3.63, 3.8) is 0 Å². The maximum Gasteiger partial charge on any atom is 0.0465 e. The number of unbranched alkanes of at least 4 members (excludes halogenated alkanes) is 2. The van der Waals surface area contributed by atoms with Gasteiger partial charge < -0.3 is 5.11 Å². The van der Waals surface area contributed by atoms with Crippen molar-refractivity contribution >= 4 is 0 Å². The molecule has 0 saturated heterocycles. The smallest absolute Gasteiger partial charge is 0.0465 e. The summed E-state index contributed by atoms with van der Waals surface area (Å²) in [4.78, 5) is 0. The Kier molecular flexibility index (Phi) is 8.96. The van der Waals surface area contributed by atoms with Gasteiger partial charge in [-0.15, -0.1) is 0 Å². The second-order valence-electron chi connectivity index (χ2n) is 2.51. The molecule has 0 atom stereocenters. The molecule has 0 fully saturated rings. The molecule has 1 heteroatoms. The van der Waals surface area contributed by atoms with Crippen LogP contribution in [-0.2, 0) is 0 Å². The van der Waals surface area contributed by atoms with Gasteiger partial charge in [0, 0.05) is 6.61 Å². The molecule has 0 aromatic rings. The Balaban J connectivity index is 3.14. The normalized spacial score (nSPS) is 11.8. The number of rotatable bonds is 6. The molecule has 0 unspecified atom stereocenters. The first-order valence-electron chi connectivity index (χ1n) is 4.34. The van der Waals surface area contributed by atoms with Gasteiger partial charge in [-0.25, -0.2) is 0 Å². The fourth-order valence-electron chi connectivity index (χ4n) is 0.746. The van der Waals surface area contributed by atoms with Crippen molar-refractivity contribution in [2.45, 2.75) is 32.6 Å². The van der Waals surface area contributed by atoms with Crippen molar-refractivity contribution in [2.24, 2.45) is 0 Å². The van der Waals surface area contributed by atoms with E-state index in [1.54, 1.807) is 0 Å². The maximum absolute atomic E-state index is 8.43. The summed E-state index contributed by atoms with van der Waals surface area (Å²) in [6.07, 6.45) is 12.6. The van der Waals surface area contributed by atoms with Gasteiger partial charge in [-0.05, 0) is 12.8 Å². The zero-order valence-electron chi connectivity index (χ0n) is 7.29. The third-order valence-corrected chi connectivity index (χ3v) is 1.40. The van der Waals surface area contributed by atoms with E-state index in [9.17, 15) is 0 Å². The second kappa shape index (κ2) is 9.44. The molecule has 0 amide bonds. The topological polar surface area (TPSA) is 20.2 Å². The van der Waals surface area contributed by atoms with Gasteiger partial charge in [-0.1, -0.05) is 44.1 Å². The van der Waals surface area contributed by atoms with Gasteiger partial charge in [-0.3, -0.25) is 0 Å². The highest BCUT2D eigenvalue weighted by molar-refractivity contribution is 5.02. The first-order valence-corrected chi connectivity index (χ1v) is 4.34. The van der Waals surface area contributed by atoms with Crippen LogP contribution in [0.5, 0.6) is 0 Å². The number of hydrogen-bond donors (Lipinski definition) is 1. The SMILES string of the molecule is CCCC/C=C/C=C/CCO. The Morgan fingerprint density at radius 2 is 1.73 bits per heavy atom. The van der Waals surface area contributed by atoms with Gasteiger partial charge in [0.2, 0.25) is 0 Å². The molecule has 0 radical (unpaired) electrons. The number of aliphatic hydroxyl groups is 1. The van der Waals surface area contributed by atoms with Gasteiger partial charge in [-0.2, -0.15) is 0 Å². The van der Waals surface area contributed by atoms with Crippen LogP contribution in [0.3, 0.4) is 0 Å². The predicted molar refractivity (Wildman–Crippen MR) is 49.5 cm³/mol. The fraction of sp³-hybridized carbons (Fsp3) is 0.600. The van der Waals surface area contributed by atoms with E-state index in [2.05, 4.69) is 13.0 Å². The van der Waals surface area contributed by atoms with Gasteiger partial charge in [0.15, 0.2) is 0 Å². The first-order chi connectivity index (χ1) is 5.41. The molecule has 0 spiro atoms. The average molecular weight is 154 g/mol. The summed E-state index contributed by atoms with van der Waals surface area (Å²) in [5.41, 5.74) is 0. The monoisotopic (exact) mass is 154 g/mol. The average Bonchev–Trinajstić information content (AvgIpc) is 2.03. The maximum atomic E-state index is 8.43. The van der Waals surface area contributed by atoms with E-state index in [4.69, 9.17) is 5.11 Å². The van der Waals surface area contributed by atoms with E-state index >= 15 is 0 Å². The summed E-state index contributed by atoms with van der Waals surface area (Å²) in [7, 11) is 0. The molecule has 0 aliphatic rings. The molecule has 0 aliphatic heterocycles. The Morgan fingerprint density at radius 1 is 1.09 bits per heavy atom. The molecule has 0 aromatic carbocycles. The van der Waals surface area contributed by atoms with Crippen LogP contribution >= 0.6 is 0 Å². The molecule has 1 N–H and O–H groups in total. The number of hydrogen-bond acceptors (Lipinski definition) is 1. The van der Waals surface area contributed by atoms with Crippen molar-refractivity contribution in [1.29, 1.82) is 0 Å². The van der Waals surface area contributed by atoms with Crippen LogP contribution in [0.1, 0.15) is 32.6 Å². The van der Waals surface area contributed by atoms with Crippen molar-refractivity contribution in [1.82, 2.24) is 0 Å². The van der Waals surface area contributed by atoms with Crippen molar-refractivity contribution in [3.8, 4) is 0 Å². The summed E-state index contributed by atoms with van der Waals surface area (Å²) in [6, 6.07) is 0. The van der Waals surface area contributed by atoms with Gasteiger partial charge in [0.1, 0.15) is 0 Å². The summed E-state index contributed by atoms with van der Waals surface area (Å²) < 4.78 is 0. The van der Waals surface area contributed by atoms with E-state index < -0.39 is 0 Å². The van der Waals surface area contributed by atoms with E-state index in [1.165, 1.54) is 19.3 Å². The number of aliphatic hydroxyl groups excluding tert-OH is 1. The third-order valence-electron chi connectivity index (χ3n) is 1.40. The quantitative estimate of drug-likeness (QED) is 0.460. The summed E-state index contributed by atoms with van der Waals surface area (Å²) >= 11 is 0. The Morgan fingerprint density at radius 3 is 2.27 bits per heavy atom. The summed E-state index contributed by atoms with van der Waals surface area (Å²) in [5.74, 6) is 0. The van der Waals surface area contributed by atoms with E-state index in [0.29, 0.717) is 0 Å². The molecule has 1 nitrogen and oxygen atoms in total. The second-order valence-corrected chi connectivity index (χ2v) is 2.51. The van der Waals surface area contributed by atoms with Crippen molar-refractivity contribution in [2.75, 3.05) is 6.61 Å². The Labute approximate surface area is 69.4 Å². The van der Waals surface area contributed by atoms with Crippen molar-refractivity contribution in [3.05, 3.63) is 24.3 Å². The van der Waals surface area contributed by atoms with Crippen LogP contribution < -0.4 is 0 Å². The molecule has 64 valence electrons. The van der Waals surface area contributed by atoms with E-state index in [-0.39, 0.29) is 6.61 Å². The summed E-state index contributed by atoms with van der Waals surface area (Å²) in [5, 5.41) is 8.43. The van der Waals surface area contributed by atoms with Crippen LogP contribution in [0, 0.1) is 0 Å². The highest BCUT2D eigenvalue weighted by atomic mass is 16.2. The lowest BCUT2D eigenvalue weighted by Crippen LogP contribution is -1.73. The highest BCUT2D eigenvalue weighted by Crippen LogP contribution is 1.94. The molecule has 0 rings (SSSR count). The van der Waals surface area contributed by atoms with Crippen LogP contribution in [0.4, 0.5) is 0 Å². The van der Waals surface area contributed by atoms with Crippen LogP contribution in [0.15, 0.2) is 24.3 Å². The summed E-state index contributed by atoms with van der Waals surface area (Å²) in [6.45, 7) is 2.44. The lowest BCUT2D eigenvalue weighted by molar-refractivity contribution is 0.302. The lowest BCUT2D eigenvalue weighted by Gasteiger charge is -1.85. The highest BCUT2D eigenvalue weighted by Gasteiger charge is 1.75. The minimum absolute atomic E-state index is 0.249. The fourth-order valence-corrected chi connectivity index (χ4v) is 0.746. The molecular formula is C10H18O. The van der Waals surface area contributed by atoms with E-state index in [1.807, 2.05) is 18.2 Å². The molecule has 0 aromatic heterocycles. The minimum Gasteiger partial charge on any atom is -0.396 e. The molecule has 11 heavy (non-hydrogen) atoms. The standard InChI is InChI=1S/C10H18O/c1-2-3-4-5-6-7-8-9-10-11/h5-8,11H,2-4,9-10H2,1H3/b6-5+,8-7+. The molecular weight excluding hydrogens is 136 g/mol. The van der Waals surface area contributed by atoms with E-state index in [0.717, 1.165) is 6.42 Å².